The Morgan fingerprint density at radius 2 is 2.21 bits per heavy atom. The lowest BCUT2D eigenvalue weighted by Crippen LogP contribution is -2.40. The molecule has 1 aromatic rings. The minimum Gasteiger partial charge on any atom is -0.446 e. The van der Waals surface area contributed by atoms with Gasteiger partial charge in [-0.25, -0.2) is 4.98 Å². The number of hydrogen-bond donors (Lipinski definition) is 1. The molecule has 0 radical (unpaired) electrons. The van der Waals surface area contributed by atoms with Crippen molar-refractivity contribution in [1.82, 2.24) is 10.3 Å². The number of hydrogen-bond acceptors (Lipinski definition) is 3. The molecule has 1 N–H and O–H groups in total. The van der Waals surface area contributed by atoms with Gasteiger partial charge in [-0.3, -0.25) is 0 Å². The van der Waals surface area contributed by atoms with Gasteiger partial charge in [0.2, 0.25) is 0 Å². The first-order valence-electron chi connectivity index (χ1n) is 5.33. The van der Waals surface area contributed by atoms with E-state index in [1.165, 1.54) is 5.69 Å². The van der Waals surface area contributed by atoms with Crippen LogP contribution >= 0.6 is 0 Å². The summed E-state index contributed by atoms with van der Waals surface area (Å²) < 4.78 is 5.64. The summed E-state index contributed by atoms with van der Waals surface area (Å²) >= 11 is 0. The average Bonchev–Trinajstić information content (AvgIpc) is 2.27. The topological polar surface area (TPSA) is 38.1 Å². The normalized spacial score (nSPS) is 17.4. The number of aryl methyl sites for hydroxylation is 1. The van der Waals surface area contributed by atoms with Gasteiger partial charge in [-0.2, -0.15) is 0 Å². The second-order valence-corrected chi connectivity index (χ2v) is 4.50. The smallest absolute Gasteiger partial charge is 0.194 e. The first-order valence-corrected chi connectivity index (χ1v) is 5.33. The lowest BCUT2D eigenvalue weighted by Gasteiger charge is -2.25. The van der Waals surface area contributed by atoms with Crippen LogP contribution < -0.4 is 5.32 Å². The lowest BCUT2D eigenvalue weighted by molar-refractivity contribution is 0.425. The van der Waals surface area contributed by atoms with Gasteiger partial charge >= 0.3 is 0 Å². The molecule has 1 aliphatic rings. The zero-order chi connectivity index (χ0) is 10.1. The molecule has 78 valence electrons. The average molecular weight is 194 g/mol. The quantitative estimate of drug-likeness (QED) is 0.798. The van der Waals surface area contributed by atoms with Gasteiger partial charge in [0, 0.05) is 25.4 Å². The van der Waals surface area contributed by atoms with Crippen molar-refractivity contribution in [2.24, 2.45) is 5.92 Å². The number of nitrogens with zero attached hydrogens (tertiary/aromatic N) is 1. The van der Waals surface area contributed by atoms with E-state index in [0.29, 0.717) is 11.8 Å². The maximum absolute atomic E-state index is 5.64. The van der Waals surface area contributed by atoms with E-state index in [9.17, 15) is 0 Å². The highest BCUT2D eigenvalue weighted by atomic mass is 16.4. The Hall–Kier alpha value is -0.830. The molecular weight excluding hydrogens is 176 g/mol. The van der Waals surface area contributed by atoms with E-state index in [1.807, 2.05) is 6.92 Å². The molecule has 2 heterocycles. The summed E-state index contributed by atoms with van der Waals surface area (Å²) in [4.78, 5) is 4.57. The minimum absolute atomic E-state index is 0.583. The van der Waals surface area contributed by atoms with E-state index < -0.39 is 0 Å². The zero-order valence-electron chi connectivity index (χ0n) is 9.13. The number of nitrogens with one attached hydrogen (secondary N) is 1. The van der Waals surface area contributed by atoms with Crippen LogP contribution in [-0.4, -0.2) is 18.1 Å². The van der Waals surface area contributed by atoms with Crippen molar-refractivity contribution in [2.75, 3.05) is 13.1 Å². The summed E-state index contributed by atoms with van der Waals surface area (Å²) in [6.45, 7) is 8.49. The molecule has 0 aromatic carbocycles. The first kappa shape index (κ1) is 9.71. The SMILES string of the molecule is Cc1oc(CC(C)C)nc1C1CNC1. The number of rotatable bonds is 3. The Morgan fingerprint density at radius 1 is 1.50 bits per heavy atom. The predicted molar refractivity (Wildman–Crippen MR) is 55.4 cm³/mol. The van der Waals surface area contributed by atoms with Crippen LogP contribution in [0.3, 0.4) is 0 Å². The fourth-order valence-electron chi connectivity index (χ4n) is 1.76. The first-order chi connectivity index (χ1) is 6.66. The molecule has 0 spiro atoms. The molecule has 14 heavy (non-hydrogen) atoms. The summed E-state index contributed by atoms with van der Waals surface area (Å²) in [7, 11) is 0. The molecular formula is C11H18N2O. The molecule has 0 aliphatic carbocycles. The number of aromatic nitrogens is 1. The van der Waals surface area contributed by atoms with Gasteiger partial charge in [0.05, 0.1) is 5.69 Å². The third-order valence-electron chi connectivity index (χ3n) is 2.63. The van der Waals surface area contributed by atoms with Crippen molar-refractivity contribution in [2.45, 2.75) is 33.1 Å². The van der Waals surface area contributed by atoms with Gasteiger partial charge in [0.15, 0.2) is 5.89 Å². The van der Waals surface area contributed by atoms with Crippen LogP contribution in [0.4, 0.5) is 0 Å². The van der Waals surface area contributed by atoms with Crippen molar-refractivity contribution in [3.63, 3.8) is 0 Å². The highest BCUT2D eigenvalue weighted by molar-refractivity contribution is 5.17. The third kappa shape index (κ3) is 1.82. The fraction of sp³-hybridized carbons (Fsp3) is 0.727. The van der Waals surface area contributed by atoms with E-state index in [-0.39, 0.29) is 0 Å². The molecule has 0 unspecified atom stereocenters. The maximum atomic E-state index is 5.64. The van der Waals surface area contributed by atoms with Crippen molar-refractivity contribution >= 4 is 0 Å². The summed E-state index contributed by atoms with van der Waals surface area (Å²) in [6.07, 6.45) is 0.945. The molecule has 0 amide bonds. The van der Waals surface area contributed by atoms with Gasteiger partial charge in [0.1, 0.15) is 5.76 Å². The van der Waals surface area contributed by atoms with Crippen molar-refractivity contribution in [3.05, 3.63) is 17.3 Å². The monoisotopic (exact) mass is 194 g/mol. The zero-order valence-corrected chi connectivity index (χ0v) is 9.13. The highest BCUT2D eigenvalue weighted by Crippen LogP contribution is 2.24. The molecule has 1 aliphatic heterocycles. The molecule has 0 saturated carbocycles. The van der Waals surface area contributed by atoms with Crippen molar-refractivity contribution in [1.29, 1.82) is 0 Å². The van der Waals surface area contributed by atoms with Crippen LogP contribution in [0.1, 0.15) is 37.1 Å². The van der Waals surface area contributed by atoms with E-state index >= 15 is 0 Å². The molecule has 2 rings (SSSR count). The van der Waals surface area contributed by atoms with E-state index in [1.54, 1.807) is 0 Å². The van der Waals surface area contributed by atoms with Crippen LogP contribution in [-0.2, 0) is 6.42 Å². The number of oxazole rings is 1. The fourth-order valence-corrected chi connectivity index (χ4v) is 1.76. The Morgan fingerprint density at radius 3 is 2.71 bits per heavy atom. The standard InChI is InChI=1S/C11H18N2O/c1-7(2)4-10-13-11(8(3)14-10)9-5-12-6-9/h7,9,12H,4-6H2,1-3H3. The molecule has 1 aromatic heterocycles. The van der Waals surface area contributed by atoms with Crippen molar-refractivity contribution < 1.29 is 4.42 Å². The summed E-state index contributed by atoms with van der Waals surface area (Å²) in [5.41, 5.74) is 1.17. The van der Waals surface area contributed by atoms with Gasteiger partial charge in [-0.05, 0) is 12.8 Å². The predicted octanol–water partition coefficient (Wildman–Crippen LogP) is 1.87. The van der Waals surface area contributed by atoms with E-state index in [4.69, 9.17) is 4.42 Å². The molecule has 0 atom stereocenters. The van der Waals surface area contributed by atoms with Crippen LogP contribution in [0.25, 0.3) is 0 Å². The largest absolute Gasteiger partial charge is 0.446 e. The Kier molecular flexibility index (Phi) is 2.59. The van der Waals surface area contributed by atoms with Crippen LogP contribution in [0.15, 0.2) is 4.42 Å². The van der Waals surface area contributed by atoms with Gasteiger partial charge < -0.3 is 9.73 Å². The molecule has 3 nitrogen and oxygen atoms in total. The molecule has 1 saturated heterocycles. The summed E-state index contributed by atoms with van der Waals surface area (Å²) in [6, 6.07) is 0. The van der Waals surface area contributed by atoms with E-state index in [2.05, 4.69) is 24.1 Å². The van der Waals surface area contributed by atoms with Crippen LogP contribution in [0.5, 0.6) is 0 Å². The highest BCUT2D eigenvalue weighted by Gasteiger charge is 2.25. The van der Waals surface area contributed by atoms with Crippen LogP contribution in [0, 0.1) is 12.8 Å². The second kappa shape index (κ2) is 3.73. The van der Waals surface area contributed by atoms with E-state index in [0.717, 1.165) is 31.2 Å². The molecule has 1 fully saturated rings. The Labute approximate surface area is 84.9 Å². The third-order valence-corrected chi connectivity index (χ3v) is 2.63. The van der Waals surface area contributed by atoms with Crippen molar-refractivity contribution in [3.8, 4) is 0 Å². The minimum atomic E-state index is 0.583. The Balaban J connectivity index is 2.12. The molecule has 3 heteroatoms. The lowest BCUT2D eigenvalue weighted by atomic mass is 9.98. The second-order valence-electron chi connectivity index (χ2n) is 4.50. The van der Waals surface area contributed by atoms with Gasteiger partial charge in [-0.15, -0.1) is 0 Å². The van der Waals surface area contributed by atoms with Gasteiger partial charge in [0.25, 0.3) is 0 Å². The summed E-state index contributed by atoms with van der Waals surface area (Å²) in [5.74, 6) is 3.10. The summed E-state index contributed by atoms with van der Waals surface area (Å²) in [5, 5.41) is 3.26. The maximum Gasteiger partial charge on any atom is 0.194 e. The Bertz CT molecular complexity index is 313. The van der Waals surface area contributed by atoms with Gasteiger partial charge in [-0.1, -0.05) is 13.8 Å². The molecule has 0 bridgehead atoms. The van der Waals surface area contributed by atoms with Crippen LogP contribution in [0.2, 0.25) is 0 Å².